The molecule has 0 spiro atoms. The van der Waals surface area contributed by atoms with E-state index in [4.69, 9.17) is 0 Å². The van der Waals surface area contributed by atoms with Crippen LogP contribution in [0.4, 0.5) is 0 Å². The van der Waals surface area contributed by atoms with Crippen molar-refractivity contribution < 1.29 is 0 Å². The van der Waals surface area contributed by atoms with Gasteiger partial charge in [0.1, 0.15) is 24.3 Å². The zero-order valence-corrected chi connectivity index (χ0v) is 24.2. The number of rotatable bonds is 3. The van der Waals surface area contributed by atoms with E-state index in [-0.39, 0.29) is 0 Å². The molecule has 0 saturated carbocycles. The minimum Gasteiger partial charge on any atom is -0.307 e. The van der Waals surface area contributed by atoms with Crippen molar-refractivity contribution in [1.29, 1.82) is 21.0 Å². The summed E-state index contributed by atoms with van der Waals surface area (Å²) >= 11 is 0. The molecule has 210 valence electrons. The van der Waals surface area contributed by atoms with Gasteiger partial charge in [0, 0.05) is 21.5 Å². The average molecular weight is 585 g/mol. The summed E-state index contributed by atoms with van der Waals surface area (Å²) in [4.78, 5) is 0. The molecule has 0 unspecified atom stereocenters. The van der Waals surface area contributed by atoms with Crippen LogP contribution in [0.5, 0.6) is 0 Å². The van der Waals surface area contributed by atoms with E-state index in [0.717, 1.165) is 54.7 Å². The maximum Gasteiger partial charge on any atom is 0.101 e. The van der Waals surface area contributed by atoms with Gasteiger partial charge in [-0.05, 0) is 65.7 Å². The summed E-state index contributed by atoms with van der Waals surface area (Å²) in [6, 6.07) is 48.1. The molecule has 8 rings (SSSR count). The lowest BCUT2D eigenvalue weighted by Gasteiger charge is -2.13. The van der Waals surface area contributed by atoms with Gasteiger partial charge in [-0.2, -0.15) is 21.0 Å². The Morgan fingerprint density at radius 2 is 0.761 bits per heavy atom. The fourth-order valence-corrected chi connectivity index (χ4v) is 6.71. The summed E-state index contributed by atoms with van der Waals surface area (Å²) < 4.78 is 4.03. The third-order valence-electron chi connectivity index (χ3n) is 8.68. The Hall–Kier alpha value is -7.12. The zero-order valence-electron chi connectivity index (χ0n) is 24.2. The molecule has 0 atom stereocenters. The van der Waals surface area contributed by atoms with Gasteiger partial charge in [-0.15, -0.1) is 0 Å². The van der Waals surface area contributed by atoms with Crippen molar-refractivity contribution >= 4 is 43.6 Å². The standard InChI is InChI=1S/C40H20N6/c41-21-27-7-5-8-28(22-42)39(27)45-36-14-4-2-12-32(36)34-19-25(16-18-37(34)45)26-15-17-33-31-11-1-3-13-35(31)46(38(33)20-26)40-29(23-43)9-6-10-30(40)24-44/h1-20H. The Kier molecular flexibility index (Phi) is 5.91. The van der Waals surface area contributed by atoms with Gasteiger partial charge in [0.05, 0.1) is 55.7 Å². The lowest BCUT2D eigenvalue weighted by molar-refractivity contribution is 1.15. The van der Waals surface area contributed by atoms with Gasteiger partial charge >= 0.3 is 0 Å². The quantitative estimate of drug-likeness (QED) is 0.207. The zero-order chi connectivity index (χ0) is 31.4. The Morgan fingerprint density at radius 1 is 0.348 bits per heavy atom. The highest BCUT2D eigenvalue weighted by molar-refractivity contribution is 6.12. The Labute approximate surface area is 263 Å². The van der Waals surface area contributed by atoms with Crippen molar-refractivity contribution in [3.05, 3.63) is 144 Å². The Balaban J connectivity index is 1.41. The summed E-state index contributed by atoms with van der Waals surface area (Å²) in [5.41, 5.74) is 8.40. The van der Waals surface area contributed by atoms with Gasteiger partial charge in [0.25, 0.3) is 0 Å². The molecule has 0 N–H and O–H groups in total. The maximum absolute atomic E-state index is 10.0. The van der Waals surface area contributed by atoms with Crippen LogP contribution < -0.4 is 0 Å². The predicted molar refractivity (Wildman–Crippen MR) is 179 cm³/mol. The van der Waals surface area contributed by atoms with Crippen LogP contribution in [0.25, 0.3) is 66.1 Å². The fourth-order valence-electron chi connectivity index (χ4n) is 6.71. The van der Waals surface area contributed by atoms with E-state index >= 15 is 0 Å². The van der Waals surface area contributed by atoms with Gasteiger partial charge in [-0.3, -0.25) is 0 Å². The Morgan fingerprint density at radius 3 is 1.30 bits per heavy atom. The molecule has 0 amide bonds. The fraction of sp³-hybridized carbons (Fsp3) is 0. The van der Waals surface area contributed by atoms with Gasteiger partial charge in [-0.25, -0.2) is 0 Å². The number of hydrogen-bond acceptors (Lipinski definition) is 4. The van der Waals surface area contributed by atoms with Crippen LogP contribution in [0, 0.1) is 45.3 Å². The summed E-state index contributed by atoms with van der Waals surface area (Å²) in [7, 11) is 0. The number of para-hydroxylation sites is 4. The molecular formula is C40H20N6. The van der Waals surface area contributed by atoms with E-state index in [1.165, 1.54) is 0 Å². The molecule has 0 radical (unpaired) electrons. The molecule has 0 bridgehead atoms. The van der Waals surface area contributed by atoms with E-state index in [0.29, 0.717) is 33.6 Å². The molecule has 0 aliphatic carbocycles. The number of aromatic nitrogens is 2. The smallest absolute Gasteiger partial charge is 0.101 e. The van der Waals surface area contributed by atoms with Crippen molar-refractivity contribution in [2.45, 2.75) is 0 Å². The highest BCUT2D eigenvalue weighted by Crippen LogP contribution is 2.39. The first-order chi connectivity index (χ1) is 22.7. The number of nitrogens with zero attached hydrogens (tertiary/aromatic N) is 6. The molecule has 0 aliphatic rings. The van der Waals surface area contributed by atoms with Crippen LogP contribution in [-0.2, 0) is 0 Å². The Bertz CT molecular complexity index is 2680. The van der Waals surface area contributed by atoms with Crippen molar-refractivity contribution in [3.63, 3.8) is 0 Å². The molecule has 0 saturated heterocycles. The number of fused-ring (bicyclic) bond motifs is 6. The van der Waals surface area contributed by atoms with Gasteiger partial charge in [-0.1, -0.05) is 66.7 Å². The molecular weight excluding hydrogens is 564 g/mol. The number of nitriles is 4. The van der Waals surface area contributed by atoms with Crippen LogP contribution in [0.2, 0.25) is 0 Å². The SMILES string of the molecule is N#Cc1cccc(C#N)c1-n1c2ccccc2c2cc(-c3ccc4c5ccccc5n(-c5c(C#N)cccc5C#N)c4c3)ccc21. The van der Waals surface area contributed by atoms with E-state index in [2.05, 4.69) is 66.7 Å². The largest absolute Gasteiger partial charge is 0.307 e. The number of hydrogen-bond donors (Lipinski definition) is 0. The molecule has 8 aromatic rings. The molecule has 0 aliphatic heterocycles. The summed E-state index contributed by atoms with van der Waals surface area (Å²) in [6.45, 7) is 0. The highest BCUT2D eigenvalue weighted by Gasteiger charge is 2.20. The van der Waals surface area contributed by atoms with Crippen LogP contribution in [0.15, 0.2) is 121 Å². The number of benzene rings is 6. The minimum atomic E-state index is 0.427. The second-order valence-corrected chi connectivity index (χ2v) is 11.0. The third-order valence-corrected chi connectivity index (χ3v) is 8.68. The van der Waals surface area contributed by atoms with Crippen molar-refractivity contribution in [2.24, 2.45) is 0 Å². The lowest BCUT2D eigenvalue weighted by Crippen LogP contribution is -2.01. The van der Waals surface area contributed by atoms with Crippen molar-refractivity contribution in [3.8, 4) is 46.8 Å². The second-order valence-electron chi connectivity index (χ2n) is 11.0. The molecule has 0 fully saturated rings. The maximum atomic E-state index is 10.0. The highest BCUT2D eigenvalue weighted by atomic mass is 15.0. The van der Waals surface area contributed by atoms with Crippen LogP contribution >= 0.6 is 0 Å². The first-order valence-corrected chi connectivity index (χ1v) is 14.6. The van der Waals surface area contributed by atoms with E-state index in [1.807, 2.05) is 51.6 Å². The van der Waals surface area contributed by atoms with Crippen LogP contribution in [-0.4, -0.2) is 9.13 Å². The van der Waals surface area contributed by atoms with E-state index in [1.54, 1.807) is 36.4 Å². The first kappa shape index (κ1) is 26.5. The van der Waals surface area contributed by atoms with Crippen LogP contribution in [0.3, 0.4) is 0 Å². The normalized spacial score (nSPS) is 11.0. The minimum absolute atomic E-state index is 0.427. The van der Waals surface area contributed by atoms with E-state index in [9.17, 15) is 21.0 Å². The first-order valence-electron chi connectivity index (χ1n) is 14.6. The summed E-state index contributed by atoms with van der Waals surface area (Å²) in [5, 5.41) is 44.1. The van der Waals surface area contributed by atoms with Gasteiger partial charge < -0.3 is 9.13 Å². The monoisotopic (exact) mass is 584 g/mol. The van der Waals surface area contributed by atoms with Crippen molar-refractivity contribution in [2.75, 3.05) is 0 Å². The third kappa shape index (κ3) is 3.73. The predicted octanol–water partition coefficient (Wildman–Crippen LogP) is 9.03. The topological polar surface area (TPSA) is 105 Å². The molecule has 6 aromatic carbocycles. The van der Waals surface area contributed by atoms with Gasteiger partial charge in [0.15, 0.2) is 0 Å². The summed E-state index contributed by atoms with van der Waals surface area (Å²) in [5.74, 6) is 0. The van der Waals surface area contributed by atoms with Gasteiger partial charge in [0.2, 0.25) is 0 Å². The van der Waals surface area contributed by atoms with E-state index < -0.39 is 0 Å². The molecule has 6 heteroatoms. The molecule has 46 heavy (non-hydrogen) atoms. The summed E-state index contributed by atoms with van der Waals surface area (Å²) in [6.07, 6.45) is 0. The molecule has 6 nitrogen and oxygen atoms in total. The van der Waals surface area contributed by atoms with Crippen LogP contribution in [0.1, 0.15) is 22.3 Å². The molecule has 2 heterocycles. The van der Waals surface area contributed by atoms with Crippen molar-refractivity contribution in [1.82, 2.24) is 9.13 Å². The second kappa shape index (κ2) is 10.3. The lowest BCUT2D eigenvalue weighted by atomic mass is 10.0. The molecule has 2 aromatic heterocycles. The average Bonchev–Trinajstić information content (AvgIpc) is 3.62.